The lowest BCUT2D eigenvalue weighted by Crippen LogP contribution is -2.50. The van der Waals surface area contributed by atoms with Crippen molar-refractivity contribution in [2.24, 2.45) is 11.1 Å². The number of halogens is 1. The Hall–Kier alpha value is -2.29. The van der Waals surface area contributed by atoms with E-state index in [0.29, 0.717) is 35.9 Å². The first-order valence-electron chi connectivity index (χ1n) is 9.55. The topological polar surface area (TPSA) is 98.9 Å². The first-order chi connectivity index (χ1) is 14.2. The van der Waals surface area contributed by atoms with Crippen LogP contribution >= 0.6 is 11.6 Å². The Balaban J connectivity index is 1.83. The Morgan fingerprint density at radius 1 is 1.20 bits per heavy atom. The summed E-state index contributed by atoms with van der Waals surface area (Å²) < 4.78 is 38.9. The van der Waals surface area contributed by atoms with Gasteiger partial charge in [-0.2, -0.15) is 4.31 Å². The summed E-state index contributed by atoms with van der Waals surface area (Å²) in [6.45, 7) is 0.672. The SMILES string of the molecule is COc1cccc(S(=O)(=O)N2CCCC(COc3ccc(Cl)cc3)(CC(N)=O)C2)c1. The number of primary amides is 1. The molecule has 9 heteroatoms. The first-order valence-corrected chi connectivity index (χ1v) is 11.4. The Morgan fingerprint density at radius 3 is 2.60 bits per heavy atom. The minimum Gasteiger partial charge on any atom is -0.497 e. The smallest absolute Gasteiger partial charge is 0.243 e. The van der Waals surface area contributed by atoms with Crippen molar-refractivity contribution in [1.82, 2.24) is 4.31 Å². The molecule has 1 aliphatic rings. The summed E-state index contributed by atoms with van der Waals surface area (Å²) in [6.07, 6.45) is 1.26. The average molecular weight is 453 g/mol. The molecule has 2 N–H and O–H groups in total. The largest absolute Gasteiger partial charge is 0.497 e. The molecule has 0 aromatic heterocycles. The summed E-state index contributed by atoms with van der Waals surface area (Å²) in [6, 6.07) is 13.2. The lowest BCUT2D eigenvalue weighted by Gasteiger charge is -2.41. The molecule has 162 valence electrons. The van der Waals surface area contributed by atoms with Crippen molar-refractivity contribution in [3.05, 3.63) is 53.6 Å². The number of rotatable bonds is 8. The van der Waals surface area contributed by atoms with E-state index in [1.165, 1.54) is 23.5 Å². The van der Waals surface area contributed by atoms with Crippen molar-refractivity contribution in [3.8, 4) is 11.5 Å². The minimum absolute atomic E-state index is 0.0325. The maximum atomic E-state index is 13.2. The van der Waals surface area contributed by atoms with Crippen LogP contribution in [0.3, 0.4) is 0 Å². The number of carbonyl (C=O) groups is 1. The molecule has 1 atom stereocenters. The van der Waals surface area contributed by atoms with Gasteiger partial charge in [0, 0.05) is 36.0 Å². The van der Waals surface area contributed by atoms with Crippen LogP contribution < -0.4 is 15.2 Å². The summed E-state index contributed by atoms with van der Waals surface area (Å²) in [5.74, 6) is 0.564. The molecule has 0 radical (unpaired) electrons. The predicted octanol–water partition coefficient (Wildman–Crippen LogP) is 3.07. The molecule has 1 aliphatic heterocycles. The molecule has 0 bridgehead atoms. The van der Waals surface area contributed by atoms with Crippen molar-refractivity contribution in [2.75, 3.05) is 26.8 Å². The number of methoxy groups -OCH3 is 1. The van der Waals surface area contributed by atoms with E-state index in [9.17, 15) is 13.2 Å². The van der Waals surface area contributed by atoms with E-state index < -0.39 is 21.3 Å². The van der Waals surface area contributed by atoms with E-state index in [1.54, 1.807) is 36.4 Å². The molecule has 1 fully saturated rings. The summed E-state index contributed by atoms with van der Waals surface area (Å²) in [5, 5.41) is 0.586. The van der Waals surface area contributed by atoms with Crippen LogP contribution in [0.15, 0.2) is 53.4 Å². The third-order valence-electron chi connectivity index (χ3n) is 5.21. The molecule has 1 unspecified atom stereocenters. The highest BCUT2D eigenvalue weighted by Crippen LogP contribution is 2.37. The highest BCUT2D eigenvalue weighted by atomic mass is 35.5. The number of benzene rings is 2. The van der Waals surface area contributed by atoms with Gasteiger partial charge in [0.2, 0.25) is 15.9 Å². The van der Waals surface area contributed by atoms with Crippen molar-refractivity contribution in [2.45, 2.75) is 24.2 Å². The molecule has 30 heavy (non-hydrogen) atoms. The number of ether oxygens (including phenoxy) is 2. The summed E-state index contributed by atoms with van der Waals surface area (Å²) in [4.78, 5) is 12.0. The van der Waals surface area contributed by atoms with Crippen molar-refractivity contribution in [3.63, 3.8) is 0 Å². The number of nitrogens with two attached hydrogens (primary N) is 1. The van der Waals surface area contributed by atoms with Gasteiger partial charge in [0.25, 0.3) is 0 Å². The fourth-order valence-electron chi connectivity index (χ4n) is 3.73. The molecule has 1 saturated heterocycles. The Morgan fingerprint density at radius 2 is 1.93 bits per heavy atom. The molecule has 0 aliphatic carbocycles. The van der Waals surface area contributed by atoms with Crippen molar-refractivity contribution in [1.29, 1.82) is 0 Å². The maximum absolute atomic E-state index is 13.2. The van der Waals surface area contributed by atoms with Gasteiger partial charge >= 0.3 is 0 Å². The molecule has 1 heterocycles. The van der Waals surface area contributed by atoms with E-state index in [1.807, 2.05) is 0 Å². The van der Waals surface area contributed by atoms with Gasteiger partial charge in [0.1, 0.15) is 11.5 Å². The normalized spacial score (nSPS) is 19.9. The van der Waals surface area contributed by atoms with Gasteiger partial charge in [0.05, 0.1) is 18.6 Å². The third kappa shape index (κ3) is 5.24. The molecule has 7 nitrogen and oxygen atoms in total. The molecule has 3 rings (SSSR count). The zero-order valence-corrected chi connectivity index (χ0v) is 18.3. The van der Waals surface area contributed by atoms with Crippen molar-refractivity contribution >= 4 is 27.5 Å². The van der Waals surface area contributed by atoms with Gasteiger partial charge in [-0.1, -0.05) is 17.7 Å². The van der Waals surface area contributed by atoms with Gasteiger partial charge in [-0.15, -0.1) is 0 Å². The van der Waals surface area contributed by atoms with E-state index in [4.69, 9.17) is 26.8 Å². The van der Waals surface area contributed by atoms with E-state index in [2.05, 4.69) is 0 Å². The highest BCUT2D eigenvalue weighted by molar-refractivity contribution is 7.89. The van der Waals surface area contributed by atoms with Crippen LogP contribution in [0.4, 0.5) is 0 Å². The predicted molar refractivity (Wildman–Crippen MR) is 114 cm³/mol. The molecule has 2 aromatic carbocycles. The fourth-order valence-corrected chi connectivity index (χ4v) is 5.48. The van der Waals surface area contributed by atoms with Crippen LogP contribution in [0.2, 0.25) is 5.02 Å². The molecule has 0 spiro atoms. The summed E-state index contributed by atoms with van der Waals surface area (Å²) in [7, 11) is -2.28. The van der Waals surface area contributed by atoms with E-state index >= 15 is 0 Å². The molecule has 0 saturated carbocycles. The Labute approximate surface area is 181 Å². The van der Waals surface area contributed by atoms with Crippen LogP contribution in [0.1, 0.15) is 19.3 Å². The Bertz CT molecular complexity index is 997. The summed E-state index contributed by atoms with van der Waals surface area (Å²) in [5.41, 5.74) is 4.79. The van der Waals surface area contributed by atoms with Gasteiger partial charge in [-0.3, -0.25) is 4.79 Å². The number of piperidine rings is 1. The van der Waals surface area contributed by atoms with Crippen LogP contribution in [-0.4, -0.2) is 45.4 Å². The first kappa shape index (κ1) is 22.4. The number of amides is 1. The van der Waals surface area contributed by atoms with Crippen LogP contribution in [0, 0.1) is 5.41 Å². The zero-order chi connectivity index (χ0) is 21.8. The lowest BCUT2D eigenvalue weighted by molar-refractivity contribution is -0.121. The van der Waals surface area contributed by atoms with Crippen LogP contribution in [0.25, 0.3) is 0 Å². The second-order valence-electron chi connectivity index (χ2n) is 7.51. The molecule has 2 aromatic rings. The quantitative estimate of drug-likeness (QED) is 0.663. The van der Waals surface area contributed by atoms with Crippen LogP contribution in [-0.2, 0) is 14.8 Å². The van der Waals surface area contributed by atoms with Crippen molar-refractivity contribution < 1.29 is 22.7 Å². The van der Waals surface area contributed by atoms with Gasteiger partial charge in [0.15, 0.2) is 0 Å². The highest BCUT2D eigenvalue weighted by Gasteiger charge is 2.42. The summed E-state index contributed by atoms with van der Waals surface area (Å²) >= 11 is 5.91. The number of hydrogen-bond acceptors (Lipinski definition) is 5. The second kappa shape index (κ2) is 9.24. The van der Waals surface area contributed by atoms with Gasteiger partial charge < -0.3 is 15.2 Å². The number of nitrogens with zero attached hydrogens (tertiary/aromatic N) is 1. The number of sulfonamides is 1. The average Bonchev–Trinajstić information content (AvgIpc) is 2.73. The van der Waals surface area contributed by atoms with Gasteiger partial charge in [-0.25, -0.2) is 8.42 Å². The zero-order valence-electron chi connectivity index (χ0n) is 16.7. The van der Waals surface area contributed by atoms with E-state index in [-0.39, 0.29) is 24.5 Å². The molecular weight excluding hydrogens is 428 g/mol. The Kier molecular flexibility index (Phi) is 6.90. The third-order valence-corrected chi connectivity index (χ3v) is 7.31. The van der Waals surface area contributed by atoms with E-state index in [0.717, 1.165) is 0 Å². The molecular formula is C21H25ClN2O5S. The fraction of sp³-hybridized carbons (Fsp3) is 0.381. The van der Waals surface area contributed by atoms with Gasteiger partial charge in [-0.05, 0) is 49.2 Å². The lowest BCUT2D eigenvalue weighted by atomic mass is 9.78. The van der Waals surface area contributed by atoms with Crippen LogP contribution in [0.5, 0.6) is 11.5 Å². The second-order valence-corrected chi connectivity index (χ2v) is 9.88. The number of carbonyl (C=O) groups excluding carboxylic acids is 1. The molecule has 1 amide bonds. The standard InChI is InChI=1S/C21H25ClN2O5S/c1-28-18-4-2-5-19(12-18)30(26,27)24-11-3-10-21(14-24,13-20(23)25)15-29-17-8-6-16(22)7-9-17/h2,4-9,12H,3,10-11,13-15H2,1H3,(H2,23,25). The monoisotopic (exact) mass is 452 g/mol. The maximum Gasteiger partial charge on any atom is 0.243 e. The number of hydrogen-bond donors (Lipinski definition) is 1. The minimum atomic E-state index is -3.76.